The van der Waals surface area contributed by atoms with Crippen LogP contribution in [0.15, 0.2) is 23.3 Å². The summed E-state index contributed by atoms with van der Waals surface area (Å²) < 4.78 is 5.64. The van der Waals surface area contributed by atoms with E-state index in [0.29, 0.717) is 12.0 Å². The Morgan fingerprint density at radius 1 is 1.00 bits per heavy atom. The molecule has 17 heavy (non-hydrogen) atoms. The van der Waals surface area contributed by atoms with Crippen LogP contribution in [0.5, 0.6) is 0 Å². The van der Waals surface area contributed by atoms with Crippen molar-refractivity contribution >= 4 is 0 Å². The van der Waals surface area contributed by atoms with Gasteiger partial charge in [-0.2, -0.15) is 0 Å². The fraction of sp³-hybridized carbons (Fsp3) is 0.750. The van der Waals surface area contributed by atoms with Gasteiger partial charge in [-0.15, -0.1) is 0 Å². The molecule has 0 aromatic heterocycles. The highest BCUT2D eigenvalue weighted by molar-refractivity contribution is 5.03. The van der Waals surface area contributed by atoms with E-state index >= 15 is 0 Å². The summed E-state index contributed by atoms with van der Waals surface area (Å²) in [6.45, 7) is 6.84. The molecular formula is C16H28O. The fourth-order valence-electron chi connectivity index (χ4n) is 2.51. The van der Waals surface area contributed by atoms with Crippen LogP contribution in [0.3, 0.4) is 0 Å². The minimum atomic E-state index is 0.422. The Kier molecular flexibility index (Phi) is 6.57. The molecule has 0 saturated heterocycles. The summed E-state index contributed by atoms with van der Waals surface area (Å²) in [5.74, 6) is 0.663. The van der Waals surface area contributed by atoms with Crippen LogP contribution in [0.4, 0.5) is 0 Å². The maximum absolute atomic E-state index is 5.64. The molecule has 0 spiro atoms. The molecule has 0 aromatic rings. The zero-order valence-electron chi connectivity index (χ0n) is 12.0. The van der Waals surface area contributed by atoms with E-state index in [4.69, 9.17) is 4.74 Å². The molecule has 1 heteroatoms. The lowest BCUT2D eigenvalue weighted by Gasteiger charge is -2.23. The Morgan fingerprint density at radius 2 is 1.53 bits per heavy atom. The predicted octanol–water partition coefficient (Wildman–Crippen LogP) is 4.88. The third-order valence-electron chi connectivity index (χ3n) is 3.91. The highest BCUT2D eigenvalue weighted by Gasteiger charge is 2.16. The third kappa shape index (κ3) is 5.54. The molecule has 0 fully saturated rings. The molecule has 1 rings (SSSR count). The number of methoxy groups -OCH3 is 1. The van der Waals surface area contributed by atoms with Gasteiger partial charge in [0, 0.05) is 7.11 Å². The van der Waals surface area contributed by atoms with Crippen molar-refractivity contribution in [3.63, 3.8) is 0 Å². The van der Waals surface area contributed by atoms with Gasteiger partial charge in [-0.25, -0.2) is 0 Å². The Morgan fingerprint density at radius 3 is 2.06 bits per heavy atom. The first kappa shape index (κ1) is 14.5. The first-order valence-electron chi connectivity index (χ1n) is 6.97. The second-order valence-corrected chi connectivity index (χ2v) is 5.51. The van der Waals surface area contributed by atoms with Gasteiger partial charge in [0.15, 0.2) is 0 Å². The van der Waals surface area contributed by atoms with Crippen molar-refractivity contribution in [3.05, 3.63) is 23.3 Å². The highest BCUT2D eigenvalue weighted by atomic mass is 16.5. The molecule has 2 unspecified atom stereocenters. The zero-order chi connectivity index (χ0) is 12.7. The largest absolute Gasteiger partial charge is 0.381 e. The lowest BCUT2D eigenvalue weighted by Crippen LogP contribution is -2.20. The van der Waals surface area contributed by atoms with Crippen molar-refractivity contribution in [1.82, 2.24) is 0 Å². The number of allylic oxidation sites excluding steroid dienone is 4. The molecule has 0 N–H and O–H groups in total. The van der Waals surface area contributed by atoms with E-state index in [1.807, 2.05) is 7.11 Å². The van der Waals surface area contributed by atoms with Crippen LogP contribution in [-0.2, 0) is 4.74 Å². The standard InChI is InChI=1S/C16H28O/c1-13-7-5-6-8-14(2)10-12-16(17-4)15(3)11-9-13/h7-8,15-16H,5-6,9-12H2,1-4H3/b13-7+,14-8+. The Balaban J connectivity index is 2.66. The van der Waals surface area contributed by atoms with Crippen LogP contribution in [0.1, 0.15) is 59.3 Å². The van der Waals surface area contributed by atoms with Crippen LogP contribution in [0.25, 0.3) is 0 Å². The molecule has 0 radical (unpaired) electrons. The maximum atomic E-state index is 5.64. The van der Waals surface area contributed by atoms with Crippen LogP contribution >= 0.6 is 0 Å². The number of ether oxygens (including phenoxy) is 1. The van der Waals surface area contributed by atoms with Gasteiger partial charge in [0.2, 0.25) is 0 Å². The lowest BCUT2D eigenvalue weighted by molar-refractivity contribution is 0.0490. The SMILES string of the molecule is COC1CC/C(C)=C/CC/C=C(\C)CCC1C. The topological polar surface area (TPSA) is 9.23 Å². The zero-order valence-corrected chi connectivity index (χ0v) is 12.0. The molecular weight excluding hydrogens is 208 g/mol. The van der Waals surface area contributed by atoms with Gasteiger partial charge in [0.1, 0.15) is 0 Å². The van der Waals surface area contributed by atoms with E-state index in [0.717, 1.165) is 0 Å². The maximum Gasteiger partial charge on any atom is 0.0600 e. The second-order valence-electron chi connectivity index (χ2n) is 5.51. The van der Waals surface area contributed by atoms with Crippen LogP contribution < -0.4 is 0 Å². The Bertz CT molecular complexity index is 275. The predicted molar refractivity (Wildman–Crippen MR) is 75.2 cm³/mol. The summed E-state index contributed by atoms with van der Waals surface area (Å²) in [5, 5.41) is 0. The average molecular weight is 236 g/mol. The van der Waals surface area contributed by atoms with Crippen molar-refractivity contribution in [2.75, 3.05) is 7.11 Å². The molecule has 1 aliphatic carbocycles. The summed E-state index contributed by atoms with van der Waals surface area (Å²) in [6, 6.07) is 0. The van der Waals surface area contributed by atoms with E-state index in [2.05, 4.69) is 32.9 Å². The molecule has 1 nitrogen and oxygen atoms in total. The molecule has 98 valence electrons. The van der Waals surface area contributed by atoms with Gasteiger partial charge in [0.25, 0.3) is 0 Å². The minimum absolute atomic E-state index is 0.422. The Hall–Kier alpha value is -0.560. The molecule has 1 aliphatic rings. The monoisotopic (exact) mass is 236 g/mol. The minimum Gasteiger partial charge on any atom is -0.381 e. The fourth-order valence-corrected chi connectivity index (χ4v) is 2.51. The molecule has 0 bridgehead atoms. The number of hydrogen-bond donors (Lipinski definition) is 0. The van der Waals surface area contributed by atoms with E-state index in [9.17, 15) is 0 Å². The van der Waals surface area contributed by atoms with E-state index in [-0.39, 0.29) is 0 Å². The summed E-state index contributed by atoms with van der Waals surface area (Å²) in [6.07, 6.45) is 12.4. The second kappa shape index (κ2) is 7.71. The van der Waals surface area contributed by atoms with Gasteiger partial charge < -0.3 is 4.74 Å². The van der Waals surface area contributed by atoms with Crippen molar-refractivity contribution in [2.45, 2.75) is 65.4 Å². The number of rotatable bonds is 1. The van der Waals surface area contributed by atoms with Gasteiger partial charge in [-0.1, -0.05) is 30.2 Å². The summed E-state index contributed by atoms with van der Waals surface area (Å²) in [7, 11) is 1.86. The van der Waals surface area contributed by atoms with Gasteiger partial charge in [-0.05, 0) is 58.3 Å². The van der Waals surface area contributed by atoms with Crippen molar-refractivity contribution < 1.29 is 4.74 Å². The molecule has 0 aromatic carbocycles. The van der Waals surface area contributed by atoms with Gasteiger partial charge in [-0.3, -0.25) is 0 Å². The first-order valence-corrected chi connectivity index (χ1v) is 6.97. The van der Waals surface area contributed by atoms with Crippen LogP contribution in [0.2, 0.25) is 0 Å². The summed E-state index contributed by atoms with van der Waals surface area (Å²) in [5.41, 5.74) is 3.06. The lowest BCUT2D eigenvalue weighted by atomic mass is 9.91. The quantitative estimate of drug-likeness (QED) is 0.589. The van der Waals surface area contributed by atoms with Crippen LogP contribution in [-0.4, -0.2) is 13.2 Å². The average Bonchev–Trinajstić information content (AvgIpc) is 2.31. The van der Waals surface area contributed by atoms with E-state index < -0.39 is 0 Å². The van der Waals surface area contributed by atoms with Crippen LogP contribution in [0, 0.1) is 5.92 Å². The summed E-state index contributed by atoms with van der Waals surface area (Å²) in [4.78, 5) is 0. The molecule has 2 atom stereocenters. The molecule has 0 heterocycles. The van der Waals surface area contributed by atoms with Gasteiger partial charge in [0.05, 0.1) is 6.10 Å². The summed E-state index contributed by atoms with van der Waals surface area (Å²) >= 11 is 0. The van der Waals surface area contributed by atoms with E-state index in [1.54, 1.807) is 5.57 Å². The normalized spacial score (nSPS) is 34.8. The van der Waals surface area contributed by atoms with Crippen molar-refractivity contribution in [2.24, 2.45) is 5.92 Å². The highest BCUT2D eigenvalue weighted by Crippen LogP contribution is 2.23. The molecule has 0 aliphatic heterocycles. The third-order valence-corrected chi connectivity index (χ3v) is 3.91. The molecule has 0 saturated carbocycles. The van der Waals surface area contributed by atoms with Crippen molar-refractivity contribution in [3.8, 4) is 0 Å². The van der Waals surface area contributed by atoms with Crippen molar-refractivity contribution in [1.29, 1.82) is 0 Å². The smallest absolute Gasteiger partial charge is 0.0600 e. The first-order chi connectivity index (χ1) is 8.13. The number of hydrogen-bond acceptors (Lipinski definition) is 1. The van der Waals surface area contributed by atoms with E-state index in [1.165, 1.54) is 44.1 Å². The molecule has 0 amide bonds. The van der Waals surface area contributed by atoms with Gasteiger partial charge >= 0.3 is 0 Å². The Labute approximate surface area is 107 Å².